The molecule has 0 saturated heterocycles. The maximum atomic E-state index is 12.1. The third kappa shape index (κ3) is 2.83. The van der Waals surface area contributed by atoms with Gasteiger partial charge in [-0.2, -0.15) is 0 Å². The van der Waals surface area contributed by atoms with Crippen LogP contribution < -0.4 is 5.32 Å². The summed E-state index contributed by atoms with van der Waals surface area (Å²) in [6, 6.07) is 8.52. The van der Waals surface area contributed by atoms with Crippen LogP contribution in [0.2, 0.25) is 0 Å². The fraction of sp³-hybridized carbons (Fsp3) is 0.500. The predicted molar refractivity (Wildman–Crippen MR) is 72.2 cm³/mol. The van der Waals surface area contributed by atoms with E-state index in [-0.39, 0.29) is 17.2 Å². The van der Waals surface area contributed by atoms with E-state index in [4.69, 9.17) is 0 Å². The average Bonchev–Trinajstić information content (AvgIpc) is 2.72. The number of rotatable bonds is 3. The second-order valence-electron chi connectivity index (χ2n) is 4.96. The van der Waals surface area contributed by atoms with Crippen LogP contribution in [0.5, 0.6) is 0 Å². The lowest BCUT2D eigenvalue weighted by molar-refractivity contribution is -0.121. The number of carbonyl (C=O) groups excluding carboxylic acids is 1. The quantitative estimate of drug-likeness (QED) is 0.892. The zero-order valence-electron chi connectivity index (χ0n) is 10.6. The highest BCUT2D eigenvalue weighted by molar-refractivity contribution is 8.01. The lowest BCUT2D eigenvalue weighted by atomic mass is 10.1. The molecule has 3 heteroatoms. The van der Waals surface area contributed by atoms with Crippen molar-refractivity contribution in [2.45, 2.75) is 43.4 Å². The normalized spacial score (nSPS) is 20.1. The molecule has 1 heterocycles. The van der Waals surface area contributed by atoms with Crippen LogP contribution in [0.15, 0.2) is 29.2 Å². The van der Waals surface area contributed by atoms with Crippen LogP contribution in [0.1, 0.15) is 26.3 Å². The minimum Gasteiger partial charge on any atom is -0.352 e. The summed E-state index contributed by atoms with van der Waals surface area (Å²) in [5, 5.41) is 3.15. The molecule has 17 heavy (non-hydrogen) atoms. The fourth-order valence-electron chi connectivity index (χ4n) is 1.81. The van der Waals surface area contributed by atoms with E-state index in [1.54, 1.807) is 11.8 Å². The number of nitrogens with one attached hydrogen (secondary N) is 1. The van der Waals surface area contributed by atoms with E-state index >= 15 is 0 Å². The molecule has 2 atom stereocenters. The Morgan fingerprint density at radius 1 is 1.35 bits per heavy atom. The van der Waals surface area contributed by atoms with Crippen LogP contribution >= 0.6 is 11.8 Å². The molecule has 0 aliphatic carbocycles. The van der Waals surface area contributed by atoms with Gasteiger partial charge in [-0.15, -0.1) is 11.8 Å². The summed E-state index contributed by atoms with van der Waals surface area (Å²) in [5.41, 5.74) is 1.30. The van der Waals surface area contributed by atoms with Crippen molar-refractivity contribution in [3.8, 4) is 0 Å². The zero-order chi connectivity index (χ0) is 12.4. The van der Waals surface area contributed by atoms with Gasteiger partial charge in [0, 0.05) is 10.9 Å². The van der Waals surface area contributed by atoms with Crippen molar-refractivity contribution in [1.82, 2.24) is 5.32 Å². The molecule has 0 radical (unpaired) electrons. The molecule has 0 unspecified atom stereocenters. The minimum atomic E-state index is 0.0496. The van der Waals surface area contributed by atoms with E-state index in [9.17, 15) is 4.79 Å². The molecule has 1 aromatic rings. The maximum Gasteiger partial charge on any atom is 0.234 e. The third-order valence-corrected chi connectivity index (χ3v) is 4.63. The molecule has 1 aromatic carbocycles. The molecule has 2 rings (SSSR count). The van der Waals surface area contributed by atoms with Crippen LogP contribution in [-0.4, -0.2) is 17.2 Å². The number of benzene rings is 1. The van der Waals surface area contributed by atoms with Gasteiger partial charge >= 0.3 is 0 Å². The van der Waals surface area contributed by atoms with Gasteiger partial charge in [0.1, 0.15) is 0 Å². The van der Waals surface area contributed by atoms with Gasteiger partial charge in [0.05, 0.1) is 5.25 Å². The molecule has 1 N–H and O–H groups in total. The molecule has 0 bridgehead atoms. The summed E-state index contributed by atoms with van der Waals surface area (Å²) in [7, 11) is 0. The summed E-state index contributed by atoms with van der Waals surface area (Å²) >= 11 is 1.69. The molecule has 1 amide bonds. The van der Waals surface area contributed by atoms with Crippen molar-refractivity contribution in [3.05, 3.63) is 29.8 Å². The van der Waals surface area contributed by atoms with Gasteiger partial charge in [-0.3, -0.25) is 4.79 Å². The van der Waals surface area contributed by atoms with E-state index in [1.165, 1.54) is 10.5 Å². The molecule has 0 fully saturated rings. The Kier molecular flexibility index (Phi) is 3.77. The Balaban J connectivity index is 1.97. The Bertz CT molecular complexity index is 391. The molecule has 1 aliphatic rings. The van der Waals surface area contributed by atoms with Crippen molar-refractivity contribution in [1.29, 1.82) is 0 Å². The number of fused-ring (bicyclic) bond motifs is 1. The molecule has 1 aliphatic heterocycles. The highest BCUT2D eigenvalue weighted by Crippen LogP contribution is 2.36. The summed E-state index contributed by atoms with van der Waals surface area (Å²) in [6.45, 7) is 6.32. The van der Waals surface area contributed by atoms with Crippen molar-refractivity contribution in [2.24, 2.45) is 5.92 Å². The number of amides is 1. The average molecular weight is 249 g/mol. The second kappa shape index (κ2) is 5.13. The van der Waals surface area contributed by atoms with Crippen molar-refractivity contribution < 1.29 is 4.79 Å². The van der Waals surface area contributed by atoms with Crippen LogP contribution in [0, 0.1) is 5.92 Å². The van der Waals surface area contributed by atoms with E-state index in [0.717, 1.165) is 6.42 Å². The lowest BCUT2D eigenvalue weighted by Crippen LogP contribution is -2.41. The highest BCUT2D eigenvalue weighted by atomic mass is 32.2. The van der Waals surface area contributed by atoms with Crippen LogP contribution in [-0.2, 0) is 11.2 Å². The predicted octanol–water partition coefficient (Wildman–Crippen LogP) is 2.86. The van der Waals surface area contributed by atoms with E-state index in [0.29, 0.717) is 5.92 Å². The number of carbonyl (C=O) groups is 1. The van der Waals surface area contributed by atoms with Gasteiger partial charge in [-0.25, -0.2) is 0 Å². The van der Waals surface area contributed by atoms with Gasteiger partial charge in [0.15, 0.2) is 0 Å². The fourth-order valence-corrected chi connectivity index (χ4v) is 3.02. The summed E-state index contributed by atoms with van der Waals surface area (Å²) in [4.78, 5) is 13.4. The Labute approximate surface area is 107 Å². The summed E-state index contributed by atoms with van der Waals surface area (Å²) < 4.78 is 0. The molecule has 2 nitrogen and oxygen atoms in total. The standard InChI is InChI=1S/C14H19NOS/c1-9(2)10(3)15-14(16)13-8-11-6-4-5-7-12(11)17-13/h4-7,9-10,13H,8H2,1-3H3,(H,15,16)/t10-,13+/m0/s1. The van der Waals surface area contributed by atoms with Gasteiger partial charge < -0.3 is 5.32 Å². The summed E-state index contributed by atoms with van der Waals surface area (Å²) in [5.74, 6) is 0.653. The topological polar surface area (TPSA) is 29.1 Å². The molecule has 0 saturated carbocycles. The number of thioether (sulfide) groups is 1. The lowest BCUT2D eigenvalue weighted by Gasteiger charge is -2.19. The van der Waals surface area contributed by atoms with Crippen molar-refractivity contribution in [2.75, 3.05) is 0 Å². The highest BCUT2D eigenvalue weighted by Gasteiger charge is 2.28. The van der Waals surface area contributed by atoms with Gasteiger partial charge in [0.2, 0.25) is 5.91 Å². The minimum absolute atomic E-state index is 0.0496. The van der Waals surface area contributed by atoms with Gasteiger partial charge in [0.25, 0.3) is 0 Å². The van der Waals surface area contributed by atoms with E-state index < -0.39 is 0 Å². The van der Waals surface area contributed by atoms with Gasteiger partial charge in [-0.1, -0.05) is 32.0 Å². The van der Waals surface area contributed by atoms with Crippen LogP contribution in [0.3, 0.4) is 0 Å². The SMILES string of the molecule is CC(C)[C@H](C)NC(=O)[C@H]1Cc2ccccc2S1. The molecule has 0 aromatic heterocycles. The largest absolute Gasteiger partial charge is 0.352 e. The van der Waals surface area contributed by atoms with Crippen LogP contribution in [0.25, 0.3) is 0 Å². The first kappa shape index (κ1) is 12.5. The third-order valence-electron chi connectivity index (χ3n) is 3.31. The number of hydrogen-bond donors (Lipinski definition) is 1. The van der Waals surface area contributed by atoms with Gasteiger partial charge in [-0.05, 0) is 30.9 Å². The Hall–Kier alpha value is -0.960. The van der Waals surface area contributed by atoms with E-state index in [2.05, 4.69) is 38.2 Å². The Morgan fingerprint density at radius 2 is 2.06 bits per heavy atom. The monoisotopic (exact) mass is 249 g/mol. The first-order valence-electron chi connectivity index (χ1n) is 6.13. The van der Waals surface area contributed by atoms with Crippen LogP contribution in [0.4, 0.5) is 0 Å². The smallest absolute Gasteiger partial charge is 0.234 e. The first-order valence-corrected chi connectivity index (χ1v) is 7.01. The second-order valence-corrected chi connectivity index (χ2v) is 6.20. The molecular weight excluding hydrogens is 230 g/mol. The van der Waals surface area contributed by atoms with Crippen molar-refractivity contribution in [3.63, 3.8) is 0 Å². The molecule has 0 spiro atoms. The number of hydrogen-bond acceptors (Lipinski definition) is 2. The van der Waals surface area contributed by atoms with E-state index in [1.807, 2.05) is 12.1 Å². The molecular formula is C14H19NOS. The van der Waals surface area contributed by atoms with Crippen molar-refractivity contribution >= 4 is 17.7 Å². The molecule has 92 valence electrons. The maximum absolute atomic E-state index is 12.1. The first-order chi connectivity index (χ1) is 8.08. The summed E-state index contributed by atoms with van der Waals surface area (Å²) in [6.07, 6.45) is 0.859. The zero-order valence-corrected chi connectivity index (χ0v) is 11.4. The Morgan fingerprint density at radius 3 is 2.71 bits per heavy atom.